The second-order valence-corrected chi connectivity index (χ2v) is 4.81. The maximum absolute atomic E-state index is 11.6. The van der Waals surface area contributed by atoms with Crippen LogP contribution in [0, 0.1) is 0 Å². The highest BCUT2D eigenvalue weighted by molar-refractivity contribution is 5.95. The summed E-state index contributed by atoms with van der Waals surface area (Å²) >= 11 is 0. The summed E-state index contributed by atoms with van der Waals surface area (Å²) in [5.41, 5.74) is 2.61. The van der Waals surface area contributed by atoms with E-state index in [1.807, 2.05) is 12.1 Å². The number of amides is 2. The van der Waals surface area contributed by atoms with E-state index in [4.69, 9.17) is 0 Å². The Balaban J connectivity index is 2.07. The Bertz CT molecular complexity index is 741. The molecule has 2 rings (SSSR count). The molecule has 23 heavy (non-hydrogen) atoms. The van der Waals surface area contributed by atoms with Crippen molar-refractivity contribution in [1.82, 2.24) is 10.6 Å². The van der Waals surface area contributed by atoms with Gasteiger partial charge in [0.25, 0.3) is 11.8 Å². The quantitative estimate of drug-likeness (QED) is 0.832. The van der Waals surface area contributed by atoms with Crippen molar-refractivity contribution in [1.29, 1.82) is 0 Å². The number of nitrogens with one attached hydrogen (secondary N) is 2. The fourth-order valence-electron chi connectivity index (χ4n) is 2.01. The van der Waals surface area contributed by atoms with Crippen LogP contribution in [0.3, 0.4) is 0 Å². The Labute approximate surface area is 134 Å². The Hall–Kier alpha value is -3.02. The van der Waals surface area contributed by atoms with Gasteiger partial charge in [-0.2, -0.15) is 10.2 Å². The third-order valence-corrected chi connectivity index (χ3v) is 3.19. The molecule has 2 amide bonds. The van der Waals surface area contributed by atoms with Crippen LogP contribution in [0.5, 0.6) is 0 Å². The molecule has 0 spiro atoms. The minimum Gasteiger partial charge on any atom is -0.355 e. The maximum Gasteiger partial charge on any atom is 0.251 e. The van der Waals surface area contributed by atoms with Gasteiger partial charge < -0.3 is 10.6 Å². The van der Waals surface area contributed by atoms with E-state index >= 15 is 0 Å². The molecular weight excluding hydrogens is 292 g/mol. The molecule has 0 aromatic heterocycles. The fraction of sp³-hybridized carbons (Fsp3) is 0.176. The van der Waals surface area contributed by atoms with Crippen LogP contribution >= 0.6 is 0 Å². The highest BCUT2D eigenvalue weighted by Gasteiger charge is 2.04. The molecule has 6 heteroatoms. The number of rotatable bonds is 5. The molecule has 0 heterocycles. The van der Waals surface area contributed by atoms with Crippen molar-refractivity contribution in [3.8, 4) is 0 Å². The van der Waals surface area contributed by atoms with Crippen LogP contribution in [0.15, 0.2) is 58.8 Å². The topological polar surface area (TPSA) is 82.9 Å². The summed E-state index contributed by atoms with van der Waals surface area (Å²) in [6, 6.07) is 14.1. The zero-order valence-corrected chi connectivity index (χ0v) is 13.0. The number of azo groups is 1. The highest BCUT2D eigenvalue weighted by Crippen LogP contribution is 2.15. The molecule has 0 aliphatic heterocycles. The molecular formula is C17H18N4O2. The predicted molar refractivity (Wildman–Crippen MR) is 87.9 cm³/mol. The second-order valence-electron chi connectivity index (χ2n) is 4.81. The number of carbonyl (C=O) groups excluding carboxylic acids is 2. The summed E-state index contributed by atoms with van der Waals surface area (Å²) in [6.45, 7) is 0.356. The summed E-state index contributed by atoms with van der Waals surface area (Å²) in [5, 5.41) is 13.4. The molecule has 0 aliphatic carbocycles. The smallest absolute Gasteiger partial charge is 0.251 e. The third kappa shape index (κ3) is 4.47. The maximum atomic E-state index is 11.6. The molecule has 0 unspecified atom stereocenters. The van der Waals surface area contributed by atoms with Crippen molar-refractivity contribution in [2.75, 3.05) is 14.1 Å². The zero-order valence-electron chi connectivity index (χ0n) is 13.0. The van der Waals surface area contributed by atoms with Crippen molar-refractivity contribution in [3.63, 3.8) is 0 Å². The average Bonchev–Trinajstić information content (AvgIpc) is 2.61. The lowest BCUT2D eigenvalue weighted by atomic mass is 10.1. The van der Waals surface area contributed by atoms with E-state index in [1.165, 1.54) is 0 Å². The molecule has 0 saturated carbocycles. The van der Waals surface area contributed by atoms with Crippen LogP contribution < -0.4 is 10.6 Å². The summed E-state index contributed by atoms with van der Waals surface area (Å²) in [4.78, 5) is 23.2. The molecule has 118 valence electrons. The van der Waals surface area contributed by atoms with Crippen LogP contribution in [0.25, 0.3) is 0 Å². The number of nitrogens with zero attached hydrogens (tertiary/aromatic N) is 2. The molecule has 0 saturated heterocycles. The molecule has 0 radical (unpaired) electrons. The van der Waals surface area contributed by atoms with E-state index in [0.29, 0.717) is 23.4 Å². The molecule has 2 aromatic carbocycles. The molecule has 0 bridgehead atoms. The van der Waals surface area contributed by atoms with Crippen molar-refractivity contribution < 1.29 is 9.59 Å². The van der Waals surface area contributed by atoms with Gasteiger partial charge in [0.1, 0.15) is 0 Å². The summed E-state index contributed by atoms with van der Waals surface area (Å²) in [6.07, 6.45) is 0. The van der Waals surface area contributed by atoms with Crippen LogP contribution in [-0.4, -0.2) is 25.9 Å². The Kier molecular flexibility index (Phi) is 5.57. The Morgan fingerprint density at radius 1 is 0.913 bits per heavy atom. The predicted octanol–water partition coefficient (Wildman–Crippen LogP) is 2.69. The van der Waals surface area contributed by atoms with E-state index in [1.54, 1.807) is 50.5 Å². The van der Waals surface area contributed by atoms with Crippen LogP contribution in [0.2, 0.25) is 0 Å². The SMILES string of the molecule is CNC(=O)c1cccc(CN=Nc2cccc(C(=O)NC)c2)c1. The van der Waals surface area contributed by atoms with Crippen molar-refractivity contribution in [3.05, 3.63) is 65.2 Å². The molecule has 6 nitrogen and oxygen atoms in total. The Morgan fingerprint density at radius 3 is 2.17 bits per heavy atom. The van der Waals surface area contributed by atoms with Gasteiger partial charge in [-0.05, 0) is 35.9 Å². The largest absolute Gasteiger partial charge is 0.355 e. The standard InChI is InChI=1S/C17H18N4O2/c1-18-16(22)13-6-3-5-12(9-13)11-20-21-15-8-4-7-14(10-15)17(23)19-2/h3-10H,11H2,1-2H3,(H,18,22)(H,19,23). The van der Waals surface area contributed by atoms with Gasteiger partial charge in [0.2, 0.25) is 0 Å². The molecule has 2 aromatic rings. The minimum absolute atomic E-state index is 0.137. The van der Waals surface area contributed by atoms with E-state index < -0.39 is 0 Å². The normalized spacial score (nSPS) is 10.5. The van der Waals surface area contributed by atoms with Gasteiger partial charge in [0.05, 0.1) is 12.2 Å². The van der Waals surface area contributed by atoms with Gasteiger partial charge in [-0.15, -0.1) is 0 Å². The molecule has 0 aliphatic rings. The van der Waals surface area contributed by atoms with Crippen molar-refractivity contribution in [2.45, 2.75) is 6.54 Å². The van der Waals surface area contributed by atoms with Crippen LogP contribution in [0.1, 0.15) is 26.3 Å². The number of benzene rings is 2. The van der Waals surface area contributed by atoms with Gasteiger partial charge in [0.15, 0.2) is 0 Å². The molecule has 2 N–H and O–H groups in total. The summed E-state index contributed by atoms with van der Waals surface area (Å²) < 4.78 is 0. The zero-order chi connectivity index (χ0) is 16.7. The van der Waals surface area contributed by atoms with Gasteiger partial charge >= 0.3 is 0 Å². The van der Waals surface area contributed by atoms with Gasteiger partial charge in [0, 0.05) is 25.2 Å². The average molecular weight is 310 g/mol. The van der Waals surface area contributed by atoms with Gasteiger partial charge in [-0.3, -0.25) is 9.59 Å². The van der Waals surface area contributed by atoms with E-state index in [2.05, 4.69) is 20.9 Å². The first-order chi connectivity index (χ1) is 11.1. The highest BCUT2D eigenvalue weighted by atomic mass is 16.2. The number of hydrogen-bond donors (Lipinski definition) is 2. The summed E-state index contributed by atoms with van der Waals surface area (Å²) in [5.74, 6) is -0.303. The number of carbonyl (C=O) groups is 2. The van der Waals surface area contributed by atoms with E-state index in [0.717, 1.165) is 5.56 Å². The molecule has 0 fully saturated rings. The first-order valence-electron chi connectivity index (χ1n) is 7.14. The first-order valence-corrected chi connectivity index (χ1v) is 7.14. The first kappa shape index (κ1) is 16.4. The van der Waals surface area contributed by atoms with Crippen LogP contribution in [-0.2, 0) is 6.54 Å². The summed E-state index contributed by atoms with van der Waals surface area (Å²) in [7, 11) is 3.17. The van der Waals surface area contributed by atoms with Gasteiger partial charge in [-0.25, -0.2) is 0 Å². The lowest BCUT2D eigenvalue weighted by molar-refractivity contribution is 0.0955. The number of hydrogen-bond acceptors (Lipinski definition) is 4. The van der Waals surface area contributed by atoms with Crippen molar-refractivity contribution in [2.24, 2.45) is 10.2 Å². The minimum atomic E-state index is -0.166. The van der Waals surface area contributed by atoms with E-state index in [-0.39, 0.29) is 11.8 Å². The molecule has 0 atom stereocenters. The van der Waals surface area contributed by atoms with Crippen molar-refractivity contribution >= 4 is 17.5 Å². The van der Waals surface area contributed by atoms with Gasteiger partial charge in [-0.1, -0.05) is 18.2 Å². The monoisotopic (exact) mass is 310 g/mol. The Morgan fingerprint density at radius 2 is 1.52 bits per heavy atom. The lowest BCUT2D eigenvalue weighted by Gasteiger charge is -2.02. The van der Waals surface area contributed by atoms with Crippen LogP contribution in [0.4, 0.5) is 5.69 Å². The van der Waals surface area contributed by atoms with E-state index in [9.17, 15) is 9.59 Å². The fourth-order valence-corrected chi connectivity index (χ4v) is 2.01. The lowest BCUT2D eigenvalue weighted by Crippen LogP contribution is -2.17. The third-order valence-electron chi connectivity index (χ3n) is 3.19. The second kappa shape index (κ2) is 7.84.